The van der Waals surface area contributed by atoms with Gasteiger partial charge < -0.3 is 20.3 Å². The minimum absolute atomic E-state index is 0.184. The summed E-state index contributed by atoms with van der Waals surface area (Å²) in [4.78, 5) is 16.6. The van der Waals surface area contributed by atoms with Gasteiger partial charge in [0, 0.05) is 24.7 Å². The summed E-state index contributed by atoms with van der Waals surface area (Å²) in [6, 6.07) is 4.02. The van der Waals surface area contributed by atoms with Crippen molar-refractivity contribution in [1.29, 1.82) is 0 Å². The van der Waals surface area contributed by atoms with E-state index in [4.69, 9.17) is 14.7 Å². The predicted octanol–water partition coefficient (Wildman–Crippen LogP) is 6.43. The van der Waals surface area contributed by atoms with Gasteiger partial charge in [-0.25, -0.2) is 18.7 Å². The standard InChI is InChI=1S/C29H41F2N7O/c1-3-15-37(4-2)16-17-39-23-12-10-21(11-13-23)33-28-32-19-26-27(36-28)38(22-7-5-6-8-22)29(35-26)34-25-14-9-20(30)18-24(25)31/h9,14,18-19,21-23H,3-8,10-13,15-17H2,1-2H3,(H,34,35)(H,32,33,36)/t21-,23-. The van der Waals surface area contributed by atoms with E-state index in [9.17, 15) is 8.78 Å². The Balaban J connectivity index is 1.24. The van der Waals surface area contributed by atoms with E-state index >= 15 is 0 Å². The molecule has 0 unspecified atom stereocenters. The Labute approximate surface area is 229 Å². The number of likely N-dealkylation sites (N-methyl/N-ethyl adjacent to an activating group) is 1. The van der Waals surface area contributed by atoms with Gasteiger partial charge in [-0.05, 0) is 70.2 Å². The highest BCUT2D eigenvalue weighted by Gasteiger charge is 2.26. The zero-order chi connectivity index (χ0) is 27.2. The fourth-order valence-corrected chi connectivity index (χ4v) is 5.92. The lowest BCUT2D eigenvalue weighted by Crippen LogP contribution is -2.33. The minimum Gasteiger partial charge on any atom is -0.377 e. The molecule has 2 saturated carbocycles. The molecular formula is C29H41F2N7O. The van der Waals surface area contributed by atoms with Gasteiger partial charge in [-0.15, -0.1) is 0 Å². The van der Waals surface area contributed by atoms with Crippen molar-refractivity contribution in [3.8, 4) is 0 Å². The largest absolute Gasteiger partial charge is 0.377 e. The highest BCUT2D eigenvalue weighted by Crippen LogP contribution is 2.36. The molecule has 0 spiro atoms. The molecular weight excluding hydrogens is 500 g/mol. The van der Waals surface area contributed by atoms with Crippen molar-refractivity contribution in [1.82, 2.24) is 24.4 Å². The molecule has 212 valence electrons. The maximum absolute atomic E-state index is 14.4. The first-order valence-electron chi connectivity index (χ1n) is 14.6. The predicted molar refractivity (Wildman–Crippen MR) is 150 cm³/mol. The van der Waals surface area contributed by atoms with E-state index < -0.39 is 11.6 Å². The van der Waals surface area contributed by atoms with Crippen LogP contribution in [0.15, 0.2) is 24.4 Å². The average Bonchev–Trinajstić information content (AvgIpc) is 3.58. The number of ether oxygens (including phenoxy) is 1. The summed E-state index contributed by atoms with van der Waals surface area (Å²) in [7, 11) is 0. The summed E-state index contributed by atoms with van der Waals surface area (Å²) in [5.74, 6) is -0.174. The highest BCUT2D eigenvalue weighted by atomic mass is 19.1. The Morgan fingerprint density at radius 1 is 1.03 bits per heavy atom. The molecule has 10 heteroatoms. The molecule has 39 heavy (non-hydrogen) atoms. The number of aromatic nitrogens is 4. The first-order chi connectivity index (χ1) is 19.0. The Morgan fingerprint density at radius 2 is 1.82 bits per heavy atom. The number of nitrogens with zero attached hydrogens (tertiary/aromatic N) is 5. The highest BCUT2D eigenvalue weighted by molar-refractivity contribution is 5.76. The van der Waals surface area contributed by atoms with E-state index in [0.29, 0.717) is 29.6 Å². The normalized spacial score (nSPS) is 20.2. The molecule has 2 N–H and O–H groups in total. The summed E-state index contributed by atoms with van der Waals surface area (Å²) in [5.41, 5.74) is 1.57. The van der Waals surface area contributed by atoms with Gasteiger partial charge in [0.05, 0.1) is 24.6 Å². The van der Waals surface area contributed by atoms with Crippen LogP contribution in [0.2, 0.25) is 0 Å². The second kappa shape index (κ2) is 13.0. The van der Waals surface area contributed by atoms with Gasteiger partial charge in [-0.1, -0.05) is 26.7 Å². The number of imidazole rings is 1. The number of nitrogens with one attached hydrogen (secondary N) is 2. The van der Waals surface area contributed by atoms with Crippen molar-refractivity contribution in [3.63, 3.8) is 0 Å². The lowest BCUT2D eigenvalue weighted by atomic mass is 9.93. The number of hydrogen-bond donors (Lipinski definition) is 2. The SMILES string of the molecule is CCCN(CC)CCO[C@H]1CC[C@H](Nc2ncc3nc(Nc4ccc(F)cc4F)n(C4CCCC4)c3n2)CC1. The van der Waals surface area contributed by atoms with Crippen LogP contribution in [0.4, 0.5) is 26.4 Å². The van der Waals surface area contributed by atoms with E-state index in [-0.39, 0.29) is 11.7 Å². The molecule has 8 nitrogen and oxygen atoms in total. The lowest BCUT2D eigenvalue weighted by molar-refractivity contribution is 0.0150. The van der Waals surface area contributed by atoms with Crippen LogP contribution in [-0.4, -0.2) is 62.8 Å². The van der Waals surface area contributed by atoms with Gasteiger partial charge in [-0.3, -0.25) is 4.57 Å². The second-order valence-corrected chi connectivity index (χ2v) is 10.8. The van der Waals surface area contributed by atoms with Crippen LogP contribution in [0.5, 0.6) is 0 Å². The smallest absolute Gasteiger partial charge is 0.224 e. The third kappa shape index (κ3) is 6.84. The molecule has 2 fully saturated rings. The Kier molecular flexibility index (Phi) is 9.24. The van der Waals surface area contributed by atoms with Crippen LogP contribution in [0, 0.1) is 11.6 Å². The quantitative estimate of drug-likeness (QED) is 0.273. The number of rotatable bonds is 12. The van der Waals surface area contributed by atoms with E-state index in [2.05, 4.69) is 38.9 Å². The average molecular weight is 542 g/mol. The molecule has 2 heterocycles. The second-order valence-electron chi connectivity index (χ2n) is 10.8. The molecule has 0 radical (unpaired) electrons. The maximum atomic E-state index is 14.4. The van der Waals surface area contributed by atoms with Crippen LogP contribution in [0.1, 0.15) is 77.7 Å². The van der Waals surface area contributed by atoms with Crippen molar-refractivity contribution in [2.75, 3.05) is 36.9 Å². The number of anilines is 3. The summed E-state index contributed by atoms with van der Waals surface area (Å²) < 4.78 is 36.1. The van der Waals surface area contributed by atoms with Crippen molar-refractivity contribution in [2.45, 2.75) is 89.8 Å². The van der Waals surface area contributed by atoms with Gasteiger partial charge >= 0.3 is 0 Å². The third-order valence-electron chi connectivity index (χ3n) is 8.06. The van der Waals surface area contributed by atoms with Gasteiger partial charge in [0.25, 0.3) is 0 Å². The third-order valence-corrected chi connectivity index (χ3v) is 8.06. The number of halogens is 2. The van der Waals surface area contributed by atoms with Crippen molar-refractivity contribution in [2.24, 2.45) is 0 Å². The summed E-state index contributed by atoms with van der Waals surface area (Å²) >= 11 is 0. The fraction of sp³-hybridized carbons (Fsp3) is 0.621. The van der Waals surface area contributed by atoms with Crippen LogP contribution < -0.4 is 10.6 Å². The maximum Gasteiger partial charge on any atom is 0.224 e. The van der Waals surface area contributed by atoms with E-state index in [0.717, 1.165) is 89.3 Å². The molecule has 0 amide bonds. The Morgan fingerprint density at radius 3 is 2.54 bits per heavy atom. The van der Waals surface area contributed by atoms with Crippen molar-refractivity contribution < 1.29 is 13.5 Å². The first kappa shape index (κ1) is 27.7. The van der Waals surface area contributed by atoms with Gasteiger partial charge in [0.1, 0.15) is 17.2 Å². The van der Waals surface area contributed by atoms with Crippen LogP contribution >= 0.6 is 0 Å². The zero-order valence-electron chi connectivity index (χ0n) is 23.1. The van der Waals surface area contributed by atoms with E-state index in [1.54, 1.807) is 6.20 Å². The Hall–Kier alpha value is -2.85. The fourth-order valence-electron chi connectivity index (χ4n) is 5.92. The molecule has 0 saturated heterocycles. The molecule has 0 atom stereocenters. The molecule has 0 bridgehead atoms. The van der Waals surface area contributed by atoms with E-state index in [1.807, 2.05) is 0 Å². The first-order valence-corrected chi connectivity index (χ1v) is 14.6. The molecule has 3 aromatic rings. The summed E-state index contributed by atoms with van der Waals surface area (Å²) in [6.45, 7) is 8.40. The molecule has 0 aliphatic heterocycles. The monoisotopic (exact) mass is 541 g/mol. The van der Waals surface area contributed by atoms with Crippen LogP contribution in [-0.2, 0) is 4.74 Å². The molecule has 2 aliphatic rings. The summed E-state index contributed by atoms with van der Waals surface area (Å²) in [6.07, 6.45) is 11.6. The van der Waals surface area contributed by atoms with Crippen molar-refractivity contribution >= 4 is 28.7 Å². The summed E-state index contributed by atoms with van der Waals surface area (Å²) in [5, 5.41) is 6.62. The van der Waals surface area contributed by atoms with Gasteiger partial charge in [-0.2, -0.15) is 4.98 Å². The number of hydrogen-bond acceptors (Lipinski definition) is 7. The van der Waals surface area contributed by atoms with Gasteiger partial charge in [0.15, 0.2) is 5.65 Å². The number of fused-ring (bicyclic) bond motifs is 1. The molecule has 1 aromatic carbocycles. The topological polar surface area (TPSA) is 80.1 Å². The molecule has 2 aliphatic carbocycles. The zero-order valence-corrected chi connectivity index (χ0v) is 23.1. The lowest BCUT2D eigenvalue weighted by Gasteiger charge is -2.30. The van der Waals surface area contributed by atoms with E-state index in [1.165, 1.54) is 18.6 Å². The minimum atomic E-state index is -0.656. The number of benzene rings is 1. The van der Waals surface area contributed by atoms with Crippen LogP contribution in [0.25, 0.3) is 11.2 Å². The molecule has 2 aromatic heterocycles. The van der Waals surface area contributed by atoms with Crippen molar-refractivity contribution in [3.05, 3.63) is 36.0 Å². The molecule has 5 rings (SSSR count). The van der Waals surface area contributed by atoms with Crippen LogP contribution in [0.3, 0.4) is 0 Å². The van der Waals surface area contributed by atoms with Gasteiger partial charge in [0.2, 0.25) is 11.9 Å². The Bertz CT molecular complexity index is 1220.